The van der Waals surface area contributed by atoms with Crippen molar-refractivity contribution < 1.29 is 4.79 Å². The summed E-state index contributed by atoms with van der Waals surface area (Å²) in [4.78, 5) is 16.0. The molecule has 90 valence electrons. The van der Waals surface area contributed by atoms with Gasteiger partial charge in [0.05, 0.1) is 12.0 Å². The van der Waals surface area contributed by atoms with Crippen LogP contribution in [0.4, 0.5) is 0 Å². The summed E-state index contributed by atoms with van der Waals surface area (Å²) in [6, 6.07) is 0.205. The van der Waals surface area contributed by atoms with Crippen LogP contribution >= 0.6 is 0 Å². The van der Waals surface area contributed by atoms with E-state index >= 15 is 0 Å². The molecule has 0 aliphatic rings. The van der Waals surface area contributed by atoms with Crippen LogP contribution < -0.4 is 5.73 Å². The molecule has 0 bridgehead atoms. The Morgan fingerprint density at radius 1 is 1.62 bits per heavy atom. The van der Waals surface area contributed by atoms with Gasteiger partial charge in [0.2, 0.25) is 0 Å². The van der Waals surface area contributed by atoms with Gasteiger partial charge < -0.3 is 5.73 Å². The summed E-state index contributed by atoms with van der Waals surface area (Å²) in [7, 11) is 0. The Balaban J connectivity index is 2.81. The van der Waals surface area contributed by atoms with E-state index in [-0.39, 0.29) is 18.2 Å². The molecule has 0 saturated carbocycles. The molecule has 5 heteroatoms. The van der Waals surface area contributed by atoms with Gasteiger partial charge in [0, 0.05) is 6.04 Å². The van der Waals surface area contributed by atoms with E-state index in [1.165, 1.54) is 6.33 Å². The molecule has 1 rings (SSSR count). The standard InChI is InChI=1S/C11H20N4O/c1-5-11(4,12)9(16)6-10-13-7-14-15(10)8(2)3/h7-8H,5-6,12H2,1-4H3. The summed E-state index contributed by atoms with van der Waals surface area (Å²) in [5, 5.41) is 4.09. The lowest BCUT2D eigenvalue weighted by Gasteiger charge is -2.20. The number of nitrogens with zero attached hydrogens (tertiary/aromatic N) is 3. The van der Waals surface area contributed by atoms with Gasteiger partial charge in [-0.05, 0) is 27.2 Å². The highest BCUT2D eigenvalue weighted by Crippen LogP contribution is 2.12. The van der Waals surface area contributed by atoms with Crippen molar-refractivity contribution in [2.24, 2.45) is 5.73 Å². The van der Waals surface area contributed by atoms with Crippen molar-refractivity contribution in [2.75, 3.05) is 0 Å². The summed E-state index contributed by atoms with van der Waals surface area (Å²) in [6.45, 7) is 7.67. The number of ketones is 1. The van der Waals surface area contributed by atoms with Gasteiger partial charge in [0.25, 0.3) is 0 Å². The van der Waals surface area contributed by atoms with Crippen molar-refractivity contribution in [1.29, 1.82) is 0 Å². The number of hydrogen-bond donors (Lipinski definition) is 1. The second-order valence-electron chi connectivity index (χ2n) is 4.59. The first kappa shape index (κ1) is 12.8. The fourth-order valence-electron chi connectivity index (χ4n) is 1.37. The van der Waals surface area contributed by atoms with E-state index < -0.39 is 5.54 Å². The van der Waals surface area contributed by atoms with Crippen LogP contribution in [0.2, 0.25) is 0 Å². The quantitative estimate of drug-likeness (QED) is 0.812. The zero-order valence-corrected chi connectivity index (χ0v) is 10.4. The van der Waals surface area contributed by atoms with Gasteiger partial charge in [0.1, 0.15) is 12.2 Å². The third kappa shape index (κ3) is 2.66. The molecule has 0 radical (unpaired) electrons. The smallest absolute Gasteiger partial charge is 0.159 e. The predicted molar refractivity (Wildman–Crippen MR) is 62.0 cm³/mol. The van der Waals surface area contributed by atoms with Gasteiger partial charge in [-0.2, -0.15) is 5.10 Å². The van der Waals surface area contributed by atoms with Crippen molar-refractivity contribution in [1.82, 2.24) is 14.8 Å². The Labute approximate surface area is 96.0 Å². The van der Waals surface area contributed by atoms with Gasteiger partial charge >= 0.3 is 0 Å². The van der Waals surface area contributed by atoms with Gasteiger partial charge in [-0.1, -0.05) is 6.92 Å². The molecule has 0 fully saturated rings. The van der Waals surface area contributed by atoms with E-state index in [0.29, 0.717) is 12.2 Å². The molecular weight excluding hydrogens is 204 g/mol. The van der Waals surface area contributed by atoms with Gasteiger partial charge in [-0.15, -0.1) is 0 Å². The minimum atomic E-state index is -0.770. The average Bonchev–Trinajstić information content (AvgIpc) is 2.65. The molecule has 1 aromatic rings. The molecule has 1 heterocycles. The number of rotatable bonds is 5. The number of nitrogens with two attached hydrogens (primary N) is 1. The maximum absolute atomic E-state index is 11.9. The van der Waals surface area contributed by atoms with Crippen LogP contribution in [0, 0.1) is 0 Å². The second-order valence-corrected chi connectivity index (χ2v) is 4.59. The van der Waals surface area contributed by atoms with Gasteiger partial charge in [-0.3, -0.25) is 4.79 Å². The highest BCUT2D eigenvalue weighted by molar-refractivity contribution is 5.88. The van der Waals surface area contributed by atoms with Crippen LogP contribution in [0.25, 0.3) is 0 Å². The Morgan fingerprint density at radius 3 is 2.75 bits per heavy atom. The third-order valence-electron chi connectivity index (χ3n) is 2.83. The first-order valence-corrected chi connectivity index (χ1v) is 5.59. The minimum absolute atomic E-state index is 0.00454. The van der Waals surface area contributed by atoms with Crippen LogP contribution in [0.15, 0.2) is 6.33 Å². The molecule has 5 nitrogen and oxygen atoms in total. The number of carbonyl (C=O) groups is 1. The van der Waals surface area contributed by atoms with E-state index in [0.717, 1.165) is 0 Å². The van der Waals surface area contributed by atoms with E-state index in [2.05, 4.69) is 10.1 Å². The summed E-state index contributed by atoms with van der Waals surface area (Å²) in [6.07, 6.45) is 2.35. The first-order valence-electron chi connectivity index (χ1n) is 5.59. The second kappa shape index (κ2) is 4.74. The number of Topliss-reactive ketones (excluding diaryl/α,β-unsaturated/α-hetero) is 1. The lowest BCUT2D eigenvalue weighted by atomic mass is 9.92. The maximum atomic E-state index is 11.9. The molecule has 1 unspecified atom stereocenters. The van der Waals surface area contributed by atoms with Crippen molar-refractivity contribution in [3.05, 3.63) is 12.2 Å². The summed E-state index contributed by atoms with van der Waals surface area (Å²) in [5.41, 5.74) is 5.13. The Kier molecular flexibility index (Phi) is 3.80. The fraction of sp³-hybridized carbons (Fsp3) is 0.727. The summed E-state index contributed by atoms with van der Waals surface area (Å²) < 4.78 is 1.75. The maximum Gasteiger partial charge on any atom is 0.159 e. The molecule has 2 N–H and O–H groups in total. The van der Waals surface area contributed by atoms with Crippen molar-refractivity contribution in [3.63, 3.8) is 0 Å². The van der Waals surface area contributed by atoms with Gasteiger partial charge in [-0.25, -0.2) is 9.67 Å². The largest absolute Gasteiger partial charge is 0.319 e. The number of carbonyl (C=O) groups excluding carboxylic acids is 1. The van der Waals surface area contributed by atoms with E-state index in [1.54, 1.807) is 11.6 Å². The van der Waals surface area contributed by atoms with Crippen LogP contribution in [0.5, 0.6) is 0 Å². The molecule has 1 aromatic heterocycles. The van der Waals surface area contributed by atoms with E-state index in [1.807, 2.05) is 20.8 Å². The molecule has 0 aliphatic carbocycles. The van der Waals surface area contributed by atoms with Crippen LogP contribution in [0.1, 0.15) is 46.0 Å². The Bertz CT molecular complexity index is 368. The highest BCUT2D eigenvalue weighted by Gasteiger charge is 2.27. The van der Waals surface area contributed by atoms with Crippen LogP contribution in [-0.2, 0) is 11.2 Å². The van der Waals surface area contributed by atoms with Crippen molar-refractivity contribution in [3.8, 4) is 0 Å². The topological polar surface area (TPSA) is 73.8 Å². The summed E-state index contributed by atoms with van der Waals surface area (Å²) in [5.74, 6) is 0.690. The van der Waals surface area contributed by atoms with Crippen molar-refractivity contribution >= 4 is 5.78 Å². The zero-order chi connectivity index (χ0) is 12.3. The summed E-state index contributed by atoms with van der Waals surface area (Å²) >= 11 is 0. The van der Waals surface area contributed by atoms with Crippen LogP contribution in [0.3, 0.4) is 0 Å². The fourth-order valence-corrected chi connectivity index (χ4v) is 1.37. The molecule has 1 atom stereocenters. The Morgan fingerprint density at radius 2 is 2.25 bits per heavy atom. The third-order valence-corrected chi connectivity index (χ3v) is 2.83. The highest BCUT2D eigenvalue weighted by atomic mass is 16.1. The molecule has 0 aromatic carbocycles. The lowest BCUT2D eigenvalue weighted by molar-refractivity contribution is -0.123. The Hall–Kier alpha value is -1.23. The number of hydrogen-bond acceptors (Lipinski definition) is 4. The van der Waals surface area contributed by atoms with Crippen LogP contribution in [-0.4, -0.2) is 26.1 Å². The average molecular weight is 224 g/mol. The monoisotopic (exact) mass is 224 g/mol. The molecule has 0 saturated heterocycles. The van der Waals surface area contributed by atoms with E-state index in [9.17, 15) is 4.79 Å². The molecular formula is C11H20N4O. The SMILES string of the molecule is CCC(C)(N)C(=O)Cc1ncnn1C(C)C. The molecule has 0 amide bonds. The van der Waals surface area contributed by atoms with Gasteiger partial charge in [0.15, 0.2) is 5.78 Å². The van der Waals surface area contributed by atoms with Crippen molar-refractivity contribution in [2.45, 2.75) is 52.1 Å². The minimum Gasteiger partial charge on any atom is -0.319 e. The first-order chi connectivity index (χ1) is 7.38. The lowest BCUT2D eigenvalue weighted by Crippen LogP contribution is -2.45. The van der Waals surface area contributed by atoms with E-state index in [4.69, 9.17) is 5.73 Å². The zero-order valence-electron chi connectivity index (χ0n) is 10.4. The number of aromatic nitrogens is 3. The molecule has 0 aliphatic heterocycles. The predicted octanol–water partition coefficient (Wildman–Crippen LogP) is 1.10. The molecule has 16 heavy (non-hydrogen) atoms. The normalized spacial score (nSPS) is 15.1. The molecule has 0 spiro atoms.